The number of hydrogen-bond acceptors (Lipinski definition) is 7. The van der Waals surface area contributed by atoms with Crippen LogP contribution in [0.25, 0.3) is 11.0 Å². The van der Waals surface area contributed by atoms with Gasteiger partial charge in [0.15, 0.2) is 0 Å². The third-order valence-electron chi connectivity index (χ3n) is 8.13. The fourth-order valence-corrected chi connectivity index (χ4v) is 5.73. The number of morpholine rings is 1. The van der Waals surface area contributed by atoms with Gasteiger partial charge in [0.25, 0.3) is 0 Å². The molecule has 3 atom stereocenters. The highest BCUT2D eigenvalue weighted by Crippen LogP contribution is 2.29. The Balaban J connectivity index is 1.10. The van der Waals surface area contributed by atoms with Crippen molar-refractivity contribution in [3.63, 3.8) is 0 Å². The zero-order valence-corrected chi connectivity index (χ0v) is 24.3. The number of imidazole rings is 1. The number of carbonyl (C=O) groups is 2. The van der Waals surface area contributed by atoms with Crippen molar-refractivity contribution in [3.8, 4) is 0 Å². The summed E-state index contributed by atoms with van der Waals surface area (Å²) in [4.78, 5) is 36.5. The average molecular weight is 609 g/mol. The number of aromatic carboxylic acids is 1. The topological polar surface area (TPSA) is 155 Å². The molecule has 6 N–H and O–H groups in total. The molecule has 6 rings (SSSR count). The first-order valence-corrected chi connectivity index (χ1v) is 14.7. The molecule has 1 aliphatic heterocycles. The minimum Gasteiger partial charge on any atom is -0.478 e. The van der Waals surface area contributed by atoms with Crippen LogP contribution in [0.1, 0.15) is 51.3 Å². The number of carbonyl (C=O) groups excluding carboxylic acids is 1. The lowest BCUT2D eigenvalue weighted by Gasteiger charge is -2.29. The maximum atomic E-state index is 15.1. The lowest BCUT2D eigenvalue weighted by Crippen LogP contribution is -2.42. The Hall–Kier alpha value is -4.97. The van der Waals surface area contributed by atoms with Gasteiger partial charge < -0.3 is 31.2 Å². The summed E-state index contributed by atoms with van der Waals surface area (Å²) in [5, 5.41) is 15.5. The van der Waals surface area contributed by atoms with Crippen LogP contribution in [0, 0.1) is 5.82 Å². The molecule has 45 heavy (non-hydrogen) atoms. The number of nitrogens with zero attached hydrogens (tertiary/aromatic N) is 2. The molecule has 10 nitrogen and oxygen atoms in total. The van der Waals surface area contributed by atoms with E-state index in [9.17, 15) is 14.7 Å². The van der Waals surface area contributed by atoms with Gasteiger partial charge in [-0.15, -0.1) is 0 Å². The predicted molar refractivity (Wildman–Crippen MR) is 167 cm³/mol. The van der Waals surface area contributed by atoms with Crippen molar-refractivity contribution < 1.29 is 23.8 Å². The lowest BCUT2D eigenvalue weighted by molar-refractivity contribution is -0.117. The highest BCUT2D eigenvalue weighted by molar-refractivity contribution is 5.96. The molecule has 1 fully saturated rings. The first kappa shape index (κ1) is 30.1. The van der Waals surface area contributed by atoms with Crippen molar-refractivity contribution in [2.24, 2.45) is 5.73 Å². The lowest BCUT2D eigenvalue weighted by atomic mass is 9.85. The van der Waals surface area contributed by atoms with Crippen LogP contribution in [-0.4, -0.2) is 57.2 Å². The van der Waals surface area contributed by atoms with Crippen LogP contribution in [0.5, 0.6) is 0 Å². The van der Waals surface area contributed by atoms with E-state index in [4.69, 9.17) is 10.5 Å². The molecule has 0 saturated carbocycles. The van der Waals surface area contributed by atoms with Gasteiger partial charge in [-0.25, -0.2) is 14.2 Å². The predicted octanol–water partition coefficient (Wildman–Crippen LogP) is 4.56. The van der Waals surface area contributed by atoms with Crippen LogP contribution in [0.3, 0.4) is 0 Å². The van der Waals surface area contributed by atoms with E-state index < -0.39 is 29.7 Å². The molecule has 3 heterocycles. The smallest absolute Gasteiger partial charge is 0.335 e. The first-order valence-electron chi connectivity index (χ1n) is 14.7. The fraction of sp³-hybridized carbons (Fsp3) is 0.235. The minimum absolute atomic E-state index is 0.168. The molecule has 1 saturated heterocycles. The molecule has 0 aliphatic carbocycles. The number of rotatable bonds is 10. The van der Waals surface area contributed by atoms with E-state index >= 15 is 4.39 Å². The van der Waals surface area contributed by atoms with Crippen LogP contribution in [0.15, 0.2) is 91.3 Å². The number of H-pyrrole nitrogens is 1. The molecule has 5 aromatic rings. The zero-order valence-electron chi connectivity index (χ0n) is 24.3. The zero-order chi connectivity index (χ0) is 31.3. The molecule has 0 bridgehead atoms. The normalized spacial score (nSPS) is 17.3. The molecular weight excluding hydrogens is 575 g/mol. The van der Waals surface area contributed by atoms with Crippen LogP contribution in [0.4, 0.5) is 10.1 Å². The summed E-state index contributed by atoms with van der Waals surface area (Å²) < 4.78 is 21.1. The molecule has 1 amide bonds. The van der Waals surface area contributed by atoms with Crippen molar-refractivity contribution >= 4 is 28.6 Å². The molecule has 0 unspecified atom stereocenters. The molecule has 3 aromatic carbocycles. The van der Waals surface area contributed by atoms with E-state index in [-0.39, 0.29) is 23.4 Å². The Kier molecular flexibility index (Phi) is 8.92. The number of nitrogens with one attached hydrogen (secondary N) is 3. The number of halogens is 1. The summed E-state index contributed by atoms with van der Waals surface area (Å²) >= 11 is 0. The quantitative estimate of drug-likeness (QED) is 0.155. The molecule has 11 heteroatoms. The highest BCUT2D eigenvalue weighted by Gasteiger charge is 2.29. The van der Waals surface area contributed by atoms with Gasteiger partial charge in [0.05, 0.1) is 59.5 Å². The number of carboxylic acids is 1. The second kappa shape index (κ2) is 13.3. The maximum absolute atomic E-state index is 15.1. The number of pyridine rings is 1. The first-order chi connectivity index (χ1) is 21.9. The molecular formula is C34H33FN6O4. The minimum atomic E-state index is -1.01. The van der Waals surface area contributed by atoms with Gasteiger partial charge in [-0.2, -0.15) is 0 Å². The van der Waals surface area contributed by atoms with Gasteiger partial charge in [-0.1, -0.05) is 60.7 Å². The Labute approximate surface area is 258 Å². The van der Waals surface area contributed by atoms with Gasteiger partial charge in [-0.3, -0.25) is 9.78 Å². The number of benzene rings is 3. The van der Waals surface area contributed by atoms with Gasteiger partial charge in [0.1, 0.15) is 11.6 Å². The number of carboxylic acid groups (broad SMARTS) is 1. The van der Waals surface area contributed by atoms with E-state index in [1.165, 1.54) is 18.3 Å². The van der Waals surface area contributed by atoms with E-state index in [1.54, 1.807) is 6.07 Å². The standard InChI is InChI=1S/C34H33FN6O4/c35-25-17-37-18-28(41-33(42)31(36)30(20-7-3-1-4-8-20)21-9-5-2-6-10-21)24(25)13-12-23-16-38-29(19-45-23)32-39-26-14-11-22(34(43)44)15-27(26)40-32/h1-11,14-15,17-18,23,29-31,38H,12-13,16,19,36H2,(H,39,40)(H,41,42)(H,43,44)/t23-,29+,31+/m1/s1. The highest BCUT2D eigenvalue weighted by atomic mass is 19.1. The summed E-state index contributed by atoms with van der Waals surface area (Å²) in [6, 6.07) is 22.8. The SMILES string of the molecule is N[C@H](C(=O)Nc1cncc(F)c1CC[C@@H]1CN[C@H](c2nc3cc(C(=O)O)ccc3[nH]2)CO1)C(c1ccccc1)c1ccccc1. The molecule has 0 radical (unpaired) electrons. The summed E-state index contributed by atoms with van der Waals surface area (Å²) in [6.45, 7) is 0.825. The van der Waals surface area contributed by atoms with Gasteiger partial charge >= 0.3 is 5.97 Å². The van der Waals surface area contributed by atoms with E-state index in [1.807, 2.05) is 60.7 Å². The third-order valence-corrected chi connectivity index (χ3v) is 8.13. The number of nitrogens with two attached hydrogens (primary N) is 1. The molecule has 230 valence electrons. The summed E-state index contributed by atoms with van der Waals surface area (Å²) in [6.07, 6.45) is 3.17. The van der Waals surface area contributed by atoms with Crippen LogP contribution in [0.2, 0.25) is 0 Å². The van der Waals surface area contributed by atoms with Crippen molar-refractivity contribution in [3.05, 3.63) is 125 Å². The molecule has 0 spiro atoms. The fourth-order valence-electron chi connectivity index (χ4n) is 5.73. The second-order valence-electron chi connectivity index (χ2n) is 11.1. The number of anilines is 1. The summed E-state index contributed by atoms with van der Waals surface area (Å²) in [5.41, 5.74) is 10.4. The summed E-state index contributed by atoms with van der Waals surface area (Å²) in [5.74, 6) is -1.73. The van der Waals surface area contributed by atoms with Crippen molar-refractivity contribution in [2.45, 2.75) is 36.9 Å². The largest absolute Gasteiger partial charge is 0.478 e. The van der Waals surface area contributed by atoms with Crippen LogP contribution >= 0.6 is 0 Å². The Morgan fingerprint density at radius 2 is 1.76 bits per heavy atom. The second-order valence-corrected chi connectivity index (χ2v) is 11.1. The van der Waals surface area contributed by atoms with Gasteiger partial charge in [-0.05, 0) is 42.2 Å². The third kappa shape index (κ3) is 6.75. The Bertz CT molecular complexity index is 1750. The van der Waals surface area contributed by atoms with Gasteiger partial charge in [0.2, 0.25) is 5.91 Å². The number of amides is 1. The maximum Gasteiger partial charge on any atom is 0.335 e. The number of hydrogen-bond donors (Lipinski definition) is 5. The van der Waals surface area contributed by atoms with E-state index in [0.29, 0.717) is 42.9 Å². The van der Waals surface area contributed by atoms with Crippen LogP contribution < -0.4 is 16.4 Å². The van der Waals surface area contributed by atoms with Crippen LogP contribution in [-0.2, 0) is 16.0 Å². The van der Waals surface area contributed by atoms with E-state index in [0.717, 1.165) is 22.8 Å². The summed E-state index contributed by atoms with van der Waals surface area (Å²) in [7, 11) is 0. The van der Waals surface area contributed by atoms with Crippen molar-refractivity contribution in [2.75, 3.05) is 18.5 Å². The average Bonchev–Trinajstić information content (AvgIpc) is 3.49. The Morgan fingerprint density at radius 3 is 2.40 bits per heavy atom. The van der Waals surface area contributed by atoms with Crippen molar-refractivity contribution in [1.82, 2.24) is 20.3 Å². The van der Waals surface area contributed by atoms with Gasteiger partial charge in [0, 0.05) is 18.0 Å². The monoisotopic (exact) mass is 608 g/mol. The molecule has 1 aliphatic rings. The number of aromatic amines is 1. The number of fused-ring (bicyclic) bond motifs is 1. The number of ether oxygens (including phenoxy) is 1. The number of aromatic nitrogens is 3. The molecule has 2 aromatic heterocycles. The van der Waals surface area contributed by atoms with E-state index in [2.05, 4.69) is 25.6 Å². The van der Waals surface area contributed by atoms with Crippen molar-refractivity contribution in [1.29, 1.82) is 0 Å². The Morgan fingerprint density at radius 1 is 1.04 bits per heavy atom.